The van der Waals surface area contributed by atoms with Crippen molar-refractivity contribution in [2.24, 2.45) is 0 Å². The van der Waals surface area contributed by atoms with Gasteiger partial charge in [-0.05, 0) is 80.7 Å². The topological polar surface area (TPSA) is 71.7 Å². The Labute approximate surface area is 224 Å². The highest BCUT2D eigenvalue weighted by Gasteiger charge is 2.34. The molecule has 2 aliphatic rings. The number of rotatable bonds is 7. The highest BCUT2D eigenvalue weighted by atomic mass is 19.4. The molecule has 3 heterocycles. The van der Waals surface area contributed by atoms with Gasteiger partial charge < -0.3 is 20.3 Å². The van der Waals surface area contributed by atoms with Crippen LogP contribution in [0.25, 0.3) is 11.1 Å². The monoisotopic (exact) mass is 542 g/mol. The van der Waals surface area contributed by atoms with Crippen molar-refractivity contribution in [1.82, 2.24) is 14.8 Å². The summed E-state index contributed by atoms with van der Waals surface area (Å²) in [6, 6.07) is 11.2. The molecular formula is C29H30F4N4O2. The molecule has 6 nitrogen and oxygen atoms in total. The third kappa shape index (κ3) is 6.16. The van der Waals surface area contributed by atoms with Crippen LogP contribution in [0.3, 0.4) is 0 Å². The number of nitrogens with zero attached hydrogens (tertiary/aromatic N) is 3. The van der Waals surface area contributed by atoms with Gasteiger partial charge in [-0.1, -0.05) is 12.1 Å². The van der Waals surface area contributed by atoms with E-state index in [1.165, 1.54) is 19.0 Å². The van der Waals surface area contributed by atoms with Crippen LogP contribution in [0.1, 0.15) is 47.2 Å². The van der Waals surface area contributed by atoms with E-state index >= 15 is 0 Å². The SMILES string of the molecule is Nc1ncc(-c2ccc(C(=O)N3CCC[C@@H]3CN3CCCC3)cc2)cc1OCc1cc(F)ccc1C(F)(F)F. The number of carbonyl (C=O) groups is 1. The number of carbonyl (C=O) groups excluding carboxylic acids is 1. The summed E-state index contributed by atoms with van der Waals surface area (Å²) >= 11 is 0. The number of hydrogen-bond acceptors (Lipinski definition) is 5. The normalized spacial score (nSPS) is 18.1. The molecule has 1 aromatic heterocycles. The molecule has 0 spiro atoms. The highest BCUT2D eigenvalue weighted by Crippen LogP contribution is 2.34. The van der Waals surface area contributed by atoms with E-state index in [1.54, 1.807) is 30.3 Å². The van der Waals surface area contributed by atoms with E-state index < -0.39 is 24.2 Å². The van der Waals surface area contributed by atoms with Gasteiger partial charge in [0.05, 0.1) is 5.56 Å². The van der Waals surface area contributed by atoms with Gasteiger partial charge in [0.25, 0.3) is 5.91 Å². The van der Waals surface area contributed by atoms with Crippen LogP contribution in [-0.4, -0.2) is 52.9 Å². The molecule has 2 fully saturated rings. The number of pyridine rings is 1. The second-order valence-electron chi connectivity index (χ2n) is 10.1. The summed E-state index contributed by atoms with van der Waals surface area (Å²) in [5, 5.41) is 0. The molecule has 0 saturated carbocycles. The molecule has 2 N–H and O–H groups in total. The smallest absolute Gasteiger partial charge is 0.416 e. The van der Waals surface area contributed by atoms with E-state index in [1.807, 2.05) is 4.90 Å². The minimum absolute atomic E-state index is 0.00594. The van der Waals surface area contributed by atoms with Crippen LogP contribution in [0.5, 0.6) is 5.75 Å². The molecule has 0 aliphatic carbocycles. The van der Waals surface area contributed by atoms with Gasteiger partial charge in [0, 0.05) is 42.0 Å². The molecule has 0 unspecified atom stereocenters. The lowest BCUT2D eigenvalue weighted by atomic mass is 10.0. The van der Waals surface area contributed by atoms with Crippen molar-refractivity contribution in [3.05, 3.63) is 77.2 Å². The number of benzene rings is 2. The number of ether oxygens (including phenoxy) is 1. The lowest BCUT2D eigenvalue weighted by molar-refractivity contribution is -0.138. The van der Waals surface area contributed by atoms with E-state index in [0.717, 1.165) is 56.7 Å². The van der Waals surface area contributed by atoms with Crippen molar-refractivity contribution >= 4 is 11.7 Å². The highest BCUT2D eigenvalue weighted by molar-refractivity contribution is 5.95. The molecule has 10 heteroatoms. The van der Waals surface area contributed by atoms with Gasteiger partial charge in [-0.3, -0.25) is 4.79 Å². The average molecular weight is 543 g/mol. The van der Waals surface area contributed by atoms with E-state index in [0.29, 0.717) is 17.2 Å². The third-order valence-corrected chi connectivity index (χ3v) is 7.41. The van der Waals surface area contributed by atoms with Crippen LogP contribution in [0.4, 0.5) is 23.4 Å². The summed E-state index contributed by atoms with van der Waals surface area (Å²) < 4.78 is 59.2. The molecule has 2 saturated heterocycles. The maximum absolute atomic E-state index is 13.6. The fraction of sp³-hybridized carbons (Fsp3) is 0.379. The lowest BCUT2D eigenvalue weighted by Gasteiger charge is -2.28. The number of hydrogen-bond donors (Lipinski definition) is 1. The Bertz CT molecular complexity index is 1320. The maximum atomic E-state index is 13.6. The average Bonchev–Trinajstić information content (AvgIpc) is 3.60. The quantitative estimate of drug-likeness (QED) is 0.384. The molecule has 2 aromatic carbocycles. The van der Waals surface area contributed by atoms with Gasteiger partial charge in [-0.25, -0.2) is 9.37 Å². The molecule has 2 aliphatic heterocycles. The molecule has 1 atom stereocenters. The third-order valence-electron chi connectivity index (χ3n) is 7.41. The van der Waals surface area contributed by atoms with Crippen molar-refractivity contribution in [3.8, 4) is 16.9 Å². The Morgan fingerprint density at radius 2 is 1.74 bits per heavy atom. The zero-order valence-electron chi connectivity index (χ0n) is 21.4. The first-order valence-electron chi connectivity index (χ1n) is 13.1. The fourth-order valence-electron chi connectivity index (χ4n) is 5.37. The second kappa shape index (κ2) is 11.2. The van der Waals surface area contributed by atoms with Crippen LogP contribution < -0.4 is 10.5 Å². The summed E-state index contributed by atoms with van der Waals surface area (Å²) in [7, 11) is 0. The summed E-state index contributed by atoms with van der Waals surface area (Å²) in [5.41, 5.74) is 6.52. The Hall–Kier alpha value is -3.66. The molecule has 0 radical (unpaired) electrons. The van der Waals surface area contributed by atoms with Crippen LogP contribution in [0.2, 0.25) is 0 Å². The van der Waals surface area contributed by atoms with Crippen LogP contribution in [-0.2, 0) is 12.8 Å². The van der Waals surface area contributed by atoms with Gasteiger partial charge in [0.2, 0.25) is 0 Å². The van der Waals surface area contributed by atoms with Crippen molar-refractivity contribution in [2.75, 3.05) is 31.9 Å². The van der Waals surface area contributed by atoms with E-state index in [4.69, 9.17) is 10.5 Å². The molecule has 1 amide bonds. The summed E-state index contributed by atoms with van der Waals surface area (Å²) in [6.45, 7) is 3.33. The second-order valence-corrected chi connectivity index (χ2v) is 10.1. The van der Waals surface area contributed by atoms with Crippen molar-refractivity contribution in [3.63, 3.8) is 0 Å². The molecule has 206 valence electrons. The van der Waals surface area contributed by atoms with Gasteiger partial charge >= 0.3 is 6.18 Å². The van der Waals surface area contributed by atoms with Crippen molar-refractivity contribution < 1.29 is 27.1 Å². The van der Waals surface area contributed by atoms with E-state index in [2.05, 4.69) is 9.88 Å². The van der Waals surface area contributed by atoms with Crippen LogP contribution >= 0.6 is 0 Å². The first-order chi connectivity index (χ1) is 18.7. The molecule has 3 aromatic rings. The van der Waals surface area contributed by atoms with Crippen LogP contribution in [0.15, 0.2) is 54.7 Å². The first kappa shape index (κ1) is 26.9. The minimum Gasteiger partial charge on any atom is -0.485 e. The Morgan fingerprint density at radius 3 is 2.46 bits per heavy atom. The van der Waals surface area contributed by atoms with Crippen molar-refractivity contribution in [1.29, 1.82) is 0 Å². The number of alkyl halides is 3. The van der Waals surface area contributed by atoms with Gasteiger partial charge in [-0.2, -0.15) is 13.2 Å². The molecule has 0 bridgehead atoms. The molecular weight excluding hydrogens is 512 g/mol. The number of anilines is 1. The summed E-state index contributed by atoms with van der Waals surface area (Å²) in [4.78, 5) is 21.8. The van der Waals surface area contributed by atoms with E-state index in [9.17, 15) is 22.4 Å². The van der Waals surface area contributed by atoms with Gasteiger partial charge in [0.1, 0.15) is 12.4 Å². The van der Waals surface area contributed by atoms with Crippen molar-refractivity contribution in [2.45, 2.75) is 44.5 Å². The molecule has 5 rings (SSSR count). The Kier molecular flexibility index (Phi) is 7.74. The lowest BCUT2D eigenvalue weighted by Crippen LogP contribution is -2.42. The number of likely N-dealkylation sites (tertiary alicyclic amines) is 2. The number of aromatic nitrogens is 1. The Morgan fingerprint density at radius 1 is 1.00 bits per heavy atom. The van der Waals surface area contributed by atoms with Gasteiger partial charge in [0.15, 0.2) is 11.6 Å². The number of halogens is 4. The first-order valence-corrected chi connectivity index (χ1v) is 13.1. The fourth-order valence-corrected chi connectivity index (χ4v) is 5.37. The number of nitrogen functional groups attached to an aromatic ring is 1. The number of nitrogens with two attached hydrogens (primary N) is 1. The molecule has 39 heavy (non-hydrogen) atoms. The predicted molar refractivity (Wildman–Crippen MR) is 140 cm³/mol. The Balaban J connectivity index is 1.29. The van der Waals surface area contributed by atoms with E-state index in [-0.39, 0.29) is 29.1 Å². The minimum atomic E-state index is -4.65. The predicted octanol–water partition coefficient (Wildman–Crippen LogP) is 5.77. The largest absolute Gasteiger partial charge is 0.485 e. The standard InChI is InChI=1S/C29H30F4N4O2/c30-23-9-10-25(29(31,32)33)22(14-23)18-39-26-15-21(16-35-27(26)34)19-5-7-20(8-6-19)28(38)37-13-3-4-24(37)17-36-11-1-2-12-36/h5-10,14-16,24H,1-4,11-13,17-18H2,(H2,34,35)/t24-/m1/s1. The van der Waals surface area contributed by atoms with Gasteiger partial charge in [-0.15, -0.1) is 0 Å². The summed E-state index contributed by atoms with van der Waals surface area (Å²) in [6.07, 6.45) is 1.32. The zero-order valence-corrected chi connectivity index (χ0v) is 21.4. The van der Waals surface area contributed by atoms with Crippen LogP contribution in [0, 0.1) is 5.82 Å². The zero-order chi connectivity index (χ0) is 27.6. The summed E-state index contributed by atoms with van der Waals surface area (Å²) in [5.74, 6) is -0.717. The maximum Gasteiger partial charge on any atom is 0.416 e. The number of amides is 1.